The highest BCUT2D eigenvalue weighted by Crippen LogP contribution is 2.18. The second kappa shape index (κ2) is 10.5. The molecular weight excluding hydrogens is 324 g/mol. The molecule has 0 aromatic heterocycles. The van der Waals surface area contributed by atoms with Crippen LogP contribution in [-0.2, 0) is 4.79 Å². The minimum absolute atomic E-state index is 0.0786. The first-order valence-electron chi connectivity index (χ1n) is 9.42. The summed E-state index contributed by atoms with van der Waals surface area (Å²) in [5.41, 5.74) is 4.08. The van der Waals surface area contributed by atoms with Gasteiger partial charge in [0, 0.05) is 17.4 Å². The molecule has 1 amide bonds. The first-order valence-corrected chi connectivity index (χ1v) is 9.42. The van der Waals surface area contributed by atoms with Gasteiger partial charge in [-0.15, -0.1) is 0 Å². The quantitative estimate of drug-likeness (QED) is 0.568. The lowest BCUT2D eigenvalue weighted by atomic mass is 10.1. The van der Waals surface area contributed by atoms with Crippen LogP contribution in [0.4, 0.5) is 11.4 Å². The summed E-state index contributed by atoms with van der Waals surface area (Å²) in [5.74, 6) is 0.715. The third-order valence-corrected chi connectivity index (χ3v) is 4.21. The Morgan fingerprint density at radius 3 is 2.65 bits per heavy atom. The highest BCUT2D eigenvalue weighted by atomic mass is 16.5. The number of carbonyl (C=O) groups is 1. The van der Waals surface area contributed by atoms with Crippen molar-refractivity contribution in [3.63, 3.8) is 0 Å². The number of anilines is 2. The zero-order valence-electron chi connectivity index (χ0n) is 16.1. The number of amides is 1. The summed E-state index contributed by atoms with van der Waals surface area (Å²) >= 11 is 0. The maximum absolute atomic E-state index is 12.2. The number of hydrogen-bond donors (Lipinski definition) is 2. The normalized spacial score (nSPS) is 10.4. The van der Waals surface area contributed by atoms with Gasteiger partial charge in [0.05, 0.1) is 13.2 Å². The van der Waals surface area contributed by atoms with Crippen LogP contribution >= 0.6 is 0 Å². The summed E-state index contributed by atoms with van der Waals surface area (Å²) in [6.45, 7) is 7.23. The lowest BCUT2D eigenvalue weighted by Gasteiger charge is -2.12. The second-order valence-electron chi connectivity index (χ2n) is 6.66. The van der Waals surface area contributed by atoms with Crippen LogP contribution in [0.25, 0.3) is 0 Å². The molecule has 2 aromatic rings. The van der Waals surface area contributed by atoms with E-state index < -0.39 is 0 Å². The molecule has 2 rings (SSSR count). The van der Waals surface area contributed by atoms with Crippen molar-refractivity contribution < 1.29 is 9.53 Å². The van der Waals surface area contributed by atoms with Gasteiger partial charge in [-0.2, -0.15) is 0 Å². The lowest BCUT2D eigenvalue weighted by molar-refractivity contribution is -0.114. The third-order valence-electron chi connectivity index (χ3n) is 4.21. The molecule has 0 aliphatic heterocycles. The predicted octanol–water partition coefficient (Wildman–Crippen LogP) is 5.31. The molecule has 0 saturated carbocycles. The van der Waals surface area contributed by atoms with Crippen molar-refractivity contribution in [2.75, 3.05) is 23.8 Å². The van der Waals surface area contributed by atoms with Crippen molar-refractivity contribution in [3.8, 4) is 5.75 Å². The number of unbranched alkanes of at least 4 members (excludes halogenated alkanes) is 3. The first-order chi connectivity index (χ1) is 12.6. The van der Waals surface area contributed by atoms with E-state index in [9.17, 15) is 4.79 Å². The molecule has 0 aliphatic rings. The number of aryl methyl sites for hydroxylation is 2. The van der Waals surface area contributed by atoms with E-state index in [4.69, 9.17) is 4.74 Å². The Hall–Kier alpha value is -2.49. The summed E-state index contributed by atoms with van der Waals surface area (Å²) in [4.78, 5) is 12.2. The van der Waals surface area contributed by atoms with Crippen LogP contribution in [0.15, 0.2) is 42.5 Å². The molecular formula is C22H30N2O2. The van der Waals surface area contributed by atoms with Crippen LogP contribution < -0.4 is 15.4 Å². The Kier molecular flexibility index (Phi) is 8.00. The van der Waals surface area contributed by atoms with Crippen molar-refractivity contribution >= 4 is 17.3 Å². The van der Waals surface area contributed by atoms with E-state index >= 15 is 0 Å². The van der Waals surface area contributed by atoms with Gasteiger partial charge in [0.2, 0.25) is 5.91 Å². The Morgan fingerprint density at radius 1 is 1.04 bits per heavy atom. The average Bonchev–Trinajstić information content (AvgIpc) is 2.61. The van der Waals surface area contributed by atoms with Crippen molar-refractivity contribution in [2.45, 2.75) is 46.5 Å². The van der Waals surface area contributed by atoms with E-state index in [-0.39, 0.29) is 12.5 Å². The van der Waals surface area contributed by atoms with Gasteiger partial charge in [-0.05, 0) is 44.0 Å². The van der Waals surface area contributed by atoms with Crippen LogP contribution in [0.3, 0.4) is 0 Å². The summed E-state index contributed by atoms with van der Waals surface area (Å²) in [5, 5.41) is 6.10. The fourth-order valence-electron chi connectivity index (χ4n) is 2.78. The van der Waals surface area contributed by atoms with E-state index in [0.717, 1.165) is 29.1 Å². The monoisotopic (exact) mass is 354 g/mol. The molecule has 2 aromatic carbocycles. The smallest absolute Gasteiger partial charge is 0.243 e. The Morgan fingerprint density at radius 2 is 1.88 bits per heavy atom. The third kappa shape index (κ3) is 6.79. The largest absolute Gasteiger partial charge is 0.494 e. The second-order valence-corrected chi connectivity index (χ2v) is 6.66. The van der Waals surface area contributed by atoms with Gasteiger partial charge in [-0.3, -0.25) is 4.79 Å². The lowest BCUT2D eigenvalue weighted by Crippen LogP contribution is -2.22. The topological polar surface area (TPSA) is 50.4 Å². The number of benzene rings is 2. The van der Waals surface area contributed by atoms with Crippen LogP contribution in [-0.4, -0.2) is 19.1 Å². The molecule has 4 nitrogen and oxygen atoms in total. The van der Waals surface area contributed by atoms with Crippen LogP contribution in [0.5, 0.6) is 5.75 Å². The number of rotatable bonds is 10. The minimum Gasteiger partial charge on any atom is -0.494 e. The maximum atomic E-state index is 12.2. The molecule has 0 heterocycles. The van der Waals surface area contributed by atoms with Gasteiger partial charge >= 0.3 is 0 Å². The predicted molar refractivity (Wildman–Crippen MR) is 109 cm³/mol. The SMILES string of the molecule is CCCCCCOc1cccc(NC(=O)CNc2ccc(C)cc2C)c1. The Labute approximate surface area is 157 Å². The van der Waals surface area contributed by atoms with Crippen LogP contribution in [0, 0.1) is 13.8 Å². The van der Waals surface area contributed by atoms with Gasteiger partial charge in [-0.25, -0.2) is 0 Å². The molecule has 0 fully saturated rings. The zero-order chi connectivity index (χ0) is 18.8. The highest BCUT2D eigenvalue weighted by molar-refractivity contribution is 5.94. The molecule has 2 N–H and O–H groups in total. The Bertz CT molecular complexity index is 713. The summed E-state index contributed by atoms with van der Waals surface area (Å²) in [6.07, 6.45) is 4.71. The van der Waals surface area contributed by atoms with Crippen molar-refractivity contribution in [1.29, 1.82) is 0 Å². The van der Waals surface area contributed by atoms with Crippen LogP contribution in [0.2, 0.25) is 0 Å². The molecule has 4 heteroatoms. The molecule has 0 bridgehead atoms. The Balaban J connectivity index is 1.80. The molecule has 0 aliphatic carbocycles. The van der Waals surface area contributed by atoms with Gasteiger partial charge < -0.3 is 15.4 Å². The molecule has 26 heavy (non-hydrogen) atoms. The van der Waals surface area contributed by atoms with Gasteiger partial charge in [0.1, 0.15) is 5.75 Å². The van der Waals surface area contributed by atoms with Gasteiger partial charge in [0.25, 0.3) is 0 Å². The van der Waals surface area contributed by atoms with Crippen molar-refractivity contribution in [1.82, 2.24) is 0 Å². The van der Waals surface area contributed by atoms with Crippen LogP contribution in [0.1, 0.15) is 43.7 Å². The zero-order valence-corrected chi connectivity index (χ0v) is 16.1. The summed E-state index contributed by atoms with van der Waals surface area (Å²) in [6, 6.07) is 13.7. The van der Waals surface area contributed by atoms with E-state index in [1.807, 2.05) is 43.3 Å². The minimum atomic E-state index is -0.0786. The molecule has 0 atom stereocenters. The van der Waals surface area contributed by atoms with Crippen molar-refractivity contribution in [2.24, 2.45) is 0 Å². The summed E-state index contributed by atoms with van der Waals surface area (Å²) < 4.78 is 5.76. The number of hydrogen-bond acceptors (Lipinski definition) is 3. The molecule has 0 radical (unpaired) electrons. The molecule has 0 saturated heterocycles. The van der Waals surface area contributed by atoms with Gasteiger partial charge in [0.15, 0.2) is 0 Å². The molecule has 0 unspecified atom stereocenters. The molecule has 140 valence electrons. The average molecular weight is 354 g/mol. The fourth-order valence-corrected chi connectivity index (χ4v) is 2.78. The van der Waals surface area contributed by atoms with Gasteiger partial charge in [-0.1, -0.05) is 49.9 Å². The number of carbonyl (C=O) groups excluding carboxylic acids is 1. The van der Waals surface area contributed by atoms with E-state index in [1.54, 1.807) is 0 Å². The summed E-state index contributed by atoms with van der Waals surface area (Å²) in [7, 11) is 0. The standard InChI is InChI=1S/C22H30N2O2/c1-4-5-6-7-13-26-20-10-8-9-19(15-20)24-22(25)16-23-21-12-11-17(2)14-18(21)3/h8-12,14-15,23H,4-7,13,16H2,1-3H3,(H,24,25). The highest BCUT2D eigenvalue weighted by Gasteiger charge is 2.05. The van der Waals surface area contributed by atoms with E-state index in [1.165, 1.54) is 24.8 Å². The number of ether oxygens (including phenoxy) is 1. The molecule has 0 spiro atoms. The number of nitrogens with one attached hydrogen (secondary N) is 2. The fraction of sp³-hybridized carbons (Fsp3) is 0.409. The van der Waals surface area contributed by atoms with E-state index in [0.29, 0.717) is 6.61 Å². The first kappa shape index (κ1) is 19.8. The van der Waals surface area contributed by atoms with E-state index in [2.05, 4.69) is 30.5 Å². The van der Waals surface area contributed by atoms with Crippen molar-refractivity contribution in [3.05, 3.63) is 53.6 Å². The maximum Gasteiger partial charge on any atom is 0.243 e.